The first-order valence-electron chi connectivity index (χ1n) is 5.39. The molecule has 82 valence electrons. The van der Waals surface area contributed by atoms with Crippen molar-refractivity contribution in [2.45, 2.75) is 38.1 Å². The fourth-order valence-corrected chi connectivity index (χ4v) is 2.42. The van der Waals surface area contributed by atoms with Gasteiger partial charge in [0.25, 0.3) is 0 Å². The third-order valence-corrected chi connectivity index (χ3v) is 3.52. The van der Waals surface area contributed by atoms with Gasteiger partial charge in [0.05, 0.1) is 11.2 Å². The van der Waals surface area contributed by atoms with Gasteiger partial charge in [-0.2, -0.15) is 5.10 Å². The first-order chi connectivity index (χ1) is 7.24. The number of aromatic nitrogens is 2. The summed E-state index contributed by atoms with van der Waals surface area (Å²) in [6, 6.07) is 3.93. The standard InChI is InChI=1S/C11H16ClN3/c1-9-4-5-10(15-14-9)13-11(8-12)6-2-3-7-11/h4-5H,2-3,6-8H2,1H3,(H,13,15). The number of nitrogens with zero attached hydrogens (tertiary/aromatic N) is 2. The Hall–Kier alpha value is -0.830. The average Bonchev–Trinajstić information content (AvgIpc) is 2.71. The van der Waals surface area contributed by atoms with E-state index in [4.69, 9.17) is 11.6 Å². The normalized spacial score (nSPS) is 19.1. The molecule has 1 heterocycles. The lowest BCUT2D eigenvalue weighted by atomic mass is 10.0. The van der Waals surface area contributed by atoms with Crippen molar-refractivity contribution in [3.8, 4) is 0 Å². The predicted molar refractivity (Wildman–Crippen MR) is 62.3 cm³/mol. The van der Waals surface area contributed by atoms with Crippen LogP contribution in [0.2, 0.25) is 0 Å². The Bertz CT molecular complexity index is 317. The second kappa shape index (κ2) is 4.35. The Morgan fingerprint density at radius 2 is 2.07 bits per heavy atom. The molecule has 1 aromatic rings. The highest BCUT2D eigenvalue weighted by Gasteiger charge is 2.33. The van der Waals surface area contributed by atoms with Crippen LogP contribution in [0.5, 0.6) is 0 Å². The molecule has 1 fully saturated rings. The van der Waals surface area contributed by atoms with E-state index in [9.17, 15) is 0 Å². The number of alkyl halides is 1. The number of hydrogen-bond donors (Lipinski definition) is 1. The van der Waals surface area contributed by atoms with E-state index in [-0.39, 0.29) is 5.54 Å². The lowest BCUT2D eigenvalue weighted by Gasteiger charge is -2.28. The maximum atomic E-state index is 6.04. The van der Waals surface area contributed by atoms with Gasteiger partial charge in [-0.1, -0.05) is 12.8 Å². The lowest BCUT2D eigenvalue weighted by molar-refractivity contribution is 0.536. The van der Waals surface area contributed by atoms with Crippen LogP contribution in [-0.4, -0.2) is 21.6 Å². The summed E-state index contributed by atoms with van der Waals surface area (Å²) < 4.78 is 0. The van der Waals surface area contributed by atoms with Crippen LogP contribution in [0, 0.1) is 6.92 Å². The van der Waals surface area contributed by atoms with Crippen molar-refractivity contribution >= 4 is 17.4 Å². The third-order valence-electron chi connectivity index (χ3n) is 3.01. The van der Waals surface area contributed by atoms with Gasteiger partial charge in [0.1, 0.15) is 5.82 Å². The molecular formula is C11H16ClN3. The van der Waals surface area contributed by atoms with Crippen LogP contribution in [-0.2, 0) is 0 Å². The summed E-state index contributed by atoms with van der Waals surface area (Å²) >= 11 is 6.04. The zero-order valence-electron chi connectivity index (χ0n) is 8.96. The Morgan fingerprint density at radius 3 is 2.60 bits per heavy atom. The number of hydrogen-bond acceptors (Lipinski definition) is 3. The van der Waals surface area contributed by atoms with Crippen LogP contribution in [0.25, 0.3) is 0 Å². The minimum atomic E-state index is 0.0471. The van der Waals surface area contributed by atoms with Crippen LogP contribution < -0.4 is 5.32 Å². The van der Waals surface area contributed by atoms with Gasteiger partial charge in [-0.05, 0) is 31.9 Å². The van der Waals surface area contributed by atoms with Crippen LogP contribution in [0.3, 0.4) is 0 Å². The minimum absolute atomic E-state index is 0.0471. The molecule has 0 spiro atoms. The average molecular weight is 226 g/mol. The van der Waals surface area contributed by atoms with E-state index < -0.39 is 0 Å². The van der Waals surface area contributed by atoms with Crippen molar-refractivity contribution in [1.82, 2.24) is 10.2 Å². The maximum absolute atomic E-state index is 6.04. The van der Waals surface area contributed by atoms with E-state index in [1.807, 2.05) is 19.1 Å². The minimum Gasteiger partial charge on any atom is -0.362 e. The molecule has 1 aliphatic carbocycles. The largest absolute Gasteiger partial charge is 0.362 e. The topological polar surface area (TPSA) is 37.8 Å². The first kappa shape index (κ1) is 10.7. The molecule has 1 aromatic heterocycles. The molecule has 0 amide bonds. The summed E-state index contributed by atoms with van der Waals surface area (Å²) in [6.45, 7) is 1.93. The molecule has 4 heteroatoms. The molecule has 0 unspecified atom stereocenters. The van der Waals surface area contributed by atoms with Gasteiger partial charge in [-0.25, -0.2) is 0 Å². The molecule has 1 N–H and O–H groups in total. The molecule has 2 rings (SSSR count). The first-order valence-corrected chi connectivity index (χ1v) is 5.92. The number of nitrogens with one attached hydrogen (secondary N) is 1. The molecule has 0 aromatic carbocycles. The van der Waals surface area contributed by atoms with E-state index in [2.05, 4.69) is 15.5 Å². The fraction of sp³-hybridized carbons (Fsp3) is 0.636. The van der Waals surface area contributed by atoms with Gasteiger partial charge in [0.15, 0.2) is 0 Å². The quantitative estimate of drug-likeness (QED) is 0.804. The smallest absolute Gasteiger partial charge is 0.149 e. The van der Waals surface area contributed by atoms with Crippen molar-refractivity contribution in [2.75, 3.05) is 11.2 Å². The highest BCUT2D eigenvalue weighted by atomic mass is 35.5. The molecule has 0 aliphatic heterocycles. The maximum Gasteiger partial charge on any atom is 0.149 e. The monoisotopic (exact) mass is 225 g/mol. The molecule has 0 saturated heterocycles. The summed E-state index contributed by atoms with van der Waals surface area (Å²) in [5.74, 6) is 1.48. The van der Waals surface area contributed by atoms with E-state index in [1.54, 1.807) is 0 Å². The summed E-state index contributed by atoms with van der Waals surface area (Å²) in [5.41, 5.74) is 0.984. The Balaban J connectivity index is 2.09. The molecule has 1 aliphatic rings. The van der Waals surface area contributed by atoms with E-state index in [0.29, 0.717) is 5.88 Å². The van der Waals surface area contributed by atoms with Crippen LogP contribution >= 0.6 is 11.6 Å². The predicted octanol–water partition coefficient (Wildman–Crippen LogP) is 2.75. The zero-order chi connectivity index (χ0) is 10.7. The molecule has 15 heavy (non-hydrogen) atoms. The van der Waals surface area contributed by atoms with Gasteiger partial charge in [0.2, 0.25) is 0 Å². The summed E-state index contributed by atoms with van der Waals surface area (Å²) in [4.78, 5) is 0. The van der Waals surface area contributed by atoms with Crippen molar-refractivity contribution < 1.29 is 0 Å². The van der Waals surface area contributed by atoms with E-state index in [1.165, 1.54) is 12.8 Å². The lowest BCUT2D eigenvalue weighted by Crippen LogP contribution is -2.37. The molecule has 1 saturated carbocycles. The highest BCUT2D eigenvalue weighted by Crippen LogP contribution is 2.33. The van der Waals surface area contributed by atoms with Gasteiger partial charge in [-0.3, -0.25) is 0 Å². The van der Waals surface area contributed by atoms with Crippen molar-refractivity contribution in [2.24, 2.45) is 0 Å². The molecule has 3 nitrogen and oxygen atoms in total. The molecule has 0 bridgehead atoms. The van der Waals surface area contributed by atoms with Crippen molar-refractivity contribution in [1.29, 1.82) is 0 Å². The Labute approximate surface area is 95.2 Å². The number of halogens is 1. The van der Waals surface area contributed by atoms with Crippen molar-refractivity contribution in [3.63, 3.8) is 0 Å². The van der Waals surface area contributed by atoms with E-state index >= 15 is 0 Å². The van der Waals surface area contributed by atoms with E-state index in [0.717, 1.165) is 24.4 Å². The number of rotatable bonds is 3. The zero-order valence-corrected chi connectivity index (χ0v) is 9.72. The van der Waals surface area contributed by atoms with Crippen LogP contribution in [0.15, 0.2) is 12.1 Å². The van der Waals surface area contributed by atoms with Gasteiger partial charge in [0, 0.05) is 5.88 Å². The summed E-state index contributed by atoms with van der Waals surface area (Å²) in [7, 11) is 0. The fourth-order valence-electron chi connectivity index (χ4n) is 2.08. The van der Waals surface area contributed by atoms with Gasteiger partial charge >= 0.3 is 0 Å². The number of anilines is 1. The Kier molecular flexibility index (Phi) is 3.10. The molecule has 0 atom stereocenters. The van der Waals surface area contributed by atoms with Gasteiger partial charge in [-0.15, -0.1) is 16.7 Å². The van der Waals surface area contributed by atoms with Crippen LogP contribution in [0.4, 0.5) is 5.82 Å². The SMILES string of the molecule is Cc1ccc(NC2(CCl)CCCC2)nn1. The van der Waals surface area contributed by atoms with Crippen molar-refractivity contribution in [3.05, 3.63) is 17.8 Å². The third kappa shape index (κ3) is 2.40. The molecular weight excluding hydrogens is 210 g/mol. The van der Waals surface area contributed by atoms with Gasteiger partial charge < -0.3 is 5.32 Å². The summed E-state index contributed by atoms with van der Waals surface area (Å²) in [6.07, 6.45) is 4.76. The second-order valence-electron chi connectivity index (χ2n) is 4.31. The van der Waals surface area contributed by atoms with Crippen LogP contribution in [0.1, 0.15) is 31.4 Å². The Morgan fingerprint density at radius 1 is 1.33 bits per heavy atom. The highest BCUT2D eigenvalue weighted by molar-refractivity contribution is 6.18. The summed E-state index contributed by atoms with van der Waals surface area (Å²) in [5, 5.41) is 11.6. The molecule has 0 radical (unpaired) electrons. The second-order valence-corrected chi connectivity index (χ2v) is 4.57. The number of aryl methyl sites for hydroxylation is 1.